The average Bonchev–Trinajstić information content (AvgIpc) is 3.07. The molecule has 1 aromatic carbocycles. The molecule has 3 rings (SSSR count). The molecule has 1 fully saturated rings. The topological polar surface area (TPSA) is 57.8 Å². The van der Waals surface area contributed by atoms with Crippen LogP contribution in [0.3, 0.4) is 0 Å². The predicted octanol–water partition coefficient (Wildman–Crippen LogP) is 3.41. The molecule has 0 bridgehead atoms. The Labute approximate surface area is 129 Å². The Morgan fingerprint density at radius 3 is 2.95 bits per heavy atom. The first kappa shape index (κ1) is 14.4. The molecular weight excluding hydrogens is 282 g/mol. The molecule has 112 valence electrons. The van der Waals surface area contributed by atoms with Gasteiger partial charge in [-0.3, -0.25) is 4.79 Å². The van der Waals surface area contributed by atoms with Crippen LogP contribution < -0.4 is 5.32 Å². The summed E-state index contributed by atoms with van der Waals surface area (Å²) in [5.41, 5.74) is 3.18. The molecule has 1 aliphatic rings. The zero-order valence-corrected chi connectivity index (χ0v) is 13.3. The number of imidazole rings is 1. The summed E-state index contributed by atoms with van der Waals surface area (Å²) in [5, 5.41) is 3.82. The lowest BCUT2D eigenvalue weighted by molar-refractivity contribution is -0.120. The highest BCUT2D eigenvalue weighted by Gasteiger charge is 2.22. The van der Waals surface area contributed by atoms with Crippen molar-refractivity contribution in [1.29, 1.82) is 0 Å². The summed E-state index contributed by atoms with van der Waals surface area (Å²) in [5.74, 6) is 0.114. The number of hydrogen-bond acceptors (Lipinski definition) is 3. The third-order valence-electron chi connectivity index (χ3n) is 3.97. The predicted molar refractivity (Wildman–Crippen MR) is 86.5 cm³/mol. The summed E-state index contributed by atoms with van der Waals surface area (Å²) in [4.78, 5) is 20.0. The Balaban J connectivity index is 1.64. The van der Waals surface area contributed by atoms with Crippen LogP contribution in [0.1, 0.15) is 38.2 Å². The van der Waals surface area contributed by atoms with Gasteiger partial charge in [-0.2, -0.15) is 0 Å². The van der Waals surface area contributed by atoms with Gasteiger partial charge in [-0.25, -0.2) is 4.98 Å². The van der Waals surface area contributed by atoms with E-state index in [-0.39, 0.29) is 11.2 Å². The standard InChI is InChI=1S/C16H21N3OS/c1-10-7-8-13-14(9-10)19-16(18-13)21-11(2)15(20)17-12-5-3-4-6-12/h7-9,11-12H,3-6H2,1-2H3,(H,17,20)(H,18,19)/t11-/m0/s1. The number of nitrogens with one attached hydrogen (secondary N) is 2. The summed E-state index contributed by atoms with van der Waals surface area (Å²) in [6.45, 7) is 4.00. The van der Waals surface area contributed by atoms with Crippen molar-refractivity contribution < 1.29 is 4.79 Å². The van der Waals surface area contributed by atoms with Gasteiger partial charge in [0.15, 0.2) is 5.16 Å². The van der Waals surface area contributed by atoms with Crippen molar-refractivity contribution in [3.8, 4) is 0 Å². The second-order valence-corrected chi connectivity index (χ2v) is 7.14. The van der Waals surface area contributed by atoms with Gasteiger partial charge in [-0.1, -0.05) is 30.7 Å². The van der Waals surface area contributed by atoms with Gasteiger partial charge in [0, 0.05) is 6.04 Å². The second kappa shape index (κ2) is 6.10. The quantitative estimate of drug-likeness (QED) is 0.851. The van der Waals surface area contributed by atoms with Crippen molar-refractivity contribution in [3.05, 3.63) is 23.8 Å². The van der Waals surface area contributed by atoms with Crippen molar-refractivity contribution in [2.24, 2.45) is 0 Å². The summed E-state index contributed by atoms with van der Waals surface area (Å²) in [6, 6.07) is 6.51. The van der Waals surface area contributed by atoms with Gasteiger partial charge < -0.3 is 10.3 Å². The number of aromatic nitrogens is 2. The minimum absolute atomic E-state index is 0.114. The highest BCUT2D eigenvalue weighted by molar-refractivity contribution is 8.00. The highest BCUT2D eigenvalue weighted by Crippen LogP contribution is 2.25. The van der Waals surface area contributed by atoms with E-state index in [1.807, 2.05) is 19.1 Å². The van der Waals surface area contributed by atoms with Gasteiger partial charge in [0.1, 0.15) is 0 Å². The number of H-pyrrole nitrogens is 1. The third-order valence-corrected chi connectivity index (χ3v) is 4.96. The second-order valence-electron chi connectivity index (χ2n) is 5.81. The number of carbonyl (C=O) groups excluding carboxylic acids is 1. The number of hydrogen-bond donors (Lipinski definition) is 2. The molecule has 1 atom stereocenters. The molecule has 1 amide bonds. The van der Waals surface area contributed by atoms with E-state index < -0.39 is 0 Å². The first-order chi connectivity index (χ1) is 10.1. The lowest BCUT2D eigenvalue weighted by Gasteiger charge is -2.15. The van der Waals surface area contributed by atoms with Gasteiger partial charge in [0.2, 0.25) is 5.91 Å². The van der Waals surface area contributed by atoms with Gasteiger partial charge in [0.25, 0.3) is 0 Å². The SMILES string of the molecule is Cc1ccc2nc(S[C@@H](C)C(=O)NC3CCCC3)[nH]c2c1. The van der Waals surface area contributed by atoms with Gasteiger partial charge in [-0.05, 0) is 44.4 Å². The van der Waals surface area contributed by atoms with Crippen LogP contribution in [0.15, 0.2) is 23.4 Å². The third kappa shape index (κ3) is 3.40. The number of fused-ring (bicyclic) bond motifs is 1. The monoisotopic (exact) mass is 303 g/mol. The van der Waals surface area contributed by atoms with Crippen molar-refractivity contribution in [1.82, 2.24) is 15.3 Å². The summed E-state index contributed by atoms with van der Waals surface area (Å²) in [6.07, 6.45) is 4.70. The molecule has 1 heterocycles. The van der Waals surface area contributed by atoms with E-state index >= 15 is 0 Å². The summed E-state index contributed by atoms with van der Waals surface area (Å²) in [7, 11) is 0. The van der Waals surface area contributed by atoms with E-state index in [1.165, 1.54) is 30.2 Å². The van der Waals surface area contributed by atoms with Crippen molar-refractivity contribution >= 4 is 28.7 Å². The van der Waals surface area contributed by atoms with Gasteiger partial charge >= 0.3 is 0 Å². The van der Waals surface area contributed by atoms with E-state index in [2.05, 4.69) is 28.3 Å². The van der Waals surface area contributed by atoms with Crippen LogP contribution in [0, 0.1) is 6.92 Å². The first-order valence-corrected chi connectivity index (χ1v) is 8.43. The number of nitrogens with zero attached hydrogens (tertiary/aromatic N) is 1. The molecule has 1 aliphatic carbocycles. The maximum absolute atomic E-state index is 12.2. The number of rotatable bonds is 4. The van der Waals surface area contributed by atoms with E-state index in [9.17, 15) is 4.79 Å². The molecule has 0 aliphatic heterocycles. The maximum atomic E-state index is 12.2. The van der Waals surface area contributed by atoms with E-state index in [0.717, 1.165) is 29.0 Å². The van der Waals surface area contributed by atoms with Crippen LogP contribution in [0.5, 0.6) is 0 Å². The minimum atomic E-state index is -0.132. The van der Waals surface area contributed by atoms with E-state index in [4.69, 9.17) is 0 Å². The number of benzene rings is 1. The molecule has 0 saturated heterocycles. The van der Waals surface area contributed by atoms with E-state index in [0.29, 0.717) is 6.04 Å². The molecule has 4 nitrogen and oxygen atoms in total. The Morgan fingerprint density at radius 2 is 2.19 bits per heavy atom. The fraction of sp³-hybridized carbons (Fsp3) is 0.500. The molecule has 0 radical (unpaired) electrons. The number of amides is 1. The summed E-state index contributed by atoms with van der Waals surface area (Å²) >= 11 is 1.49. The molecule has 5 heteroatoms. The average molecular weight is 303 g/mol. The van der Waals surface area contributed by atoms with Crippen LogP contribution >= 0.6 is 11.8 Å². The molecule has 1 aromatic heterocycles. The van der Waals surface area contributed by atoms with Crippen LogP contribution in [-0.4, -0.2) is 27.2 Å². The molecular formula is C16H21N3OS. The number of carbonyl (C=O) groups is 1. The lowest BCUT2D eigenvalue weighted by Crippen LogP contribution is -2.37. The highest BCUT2D eigenvalue weighted by atomic mass is 32.2. The van der Waals surface area contributed by atoms with Gasteiger partial charge in [-0.15, -0.1) is 0 Å². The lowest BCUT2D eigenvalue weighted by atomic mass is 10.2. The van der Waals surface area contributed by atoms with Crippen LogP contribution in [0.2, 0.25) is 0 Å². The normalized spacial score (nSPS) is 17.2. The number of thioether (sulfide) groups is 1. The van der Waals surface area contributed by atoms with Crippen molar-refractivity contribution in [3.63, 3.8) is 0 Å². The number of aryl methyl sites for hydroxylation is 1. The fourth-order valence-corrected chi connectivity index (χ4v) is 3.60. The maximum Gasteiger partial charge on any atom is 0.233 e. The van der Waals surface area contributed by atoms with Crippen LogP contribution in [-0.2, 0) is 4.79 Å². The fourth-order valence-electron chi connectivity index (χ4n) is 2.77. The van der Waals surface area contributed by atoms with Crippen LogP contribution in [0.25, 0.3) is 11.0 Å². The van der Waals surface area contributed by atoms with E-state index in [1.54, 1.807) is 0 Å². The Morgan fingerprint density at radius 1 is 1.43 bits per heavy atom. The minimum Gasteiger partial charge on any atom is -0.352 e. The Kier molecular flexibility index (Phi) is 4.19. The molecule has 1 saturated carbocycles. The zero-order chi connectivity index (χ0) is 14.8. The van der Waals surface area contributed by atoms with Crippen molar-refractivity contribution in [2.45, 2.75) is 56.0 Å². The first-order valence-electron chi connectivity index (χ1n) is 7.55. The smallest absolute Gasteiger partial charge is 0.233 e. The van der Waals surface area contributed by atoms with Crippen molar-refractivity contribution in [2.75, 3.05) is 0 Å². The zero-order valence-electron chi connectivity index (χ0n) is 12.5. The molecule has 2 N–H and O–H groups in total. The van der Waals surface area contributed by atoms with Crippen LogP contribution in [0.4, 0.5) is 0 Å². The van der Waals surface area contributed by atoms with Gasteiger partial charge in [0.05, 0.1) is 16.3 Å². The Hall–Kier alpha value is -1.49. The molecule has 2 aromatic rings. The number of aromatic amines is 1. The largest absolute Gasteiger partial charge is 0.352 e. The molecule has 0 spiro atoms. The summed E-state index contributed by atoms with van der Waals surface area (Å²) < 4.78 is 0. The molecule has 21 heavy (non-hydrogen) atoms. The molecule has 0 unspecified atom stereocenters. The Bertz CT molecular complexity index is 646.